The first-order valence-corrected chi connectivity index (χ1v) is 18.6. The van der Waals surface area contributed by atoms with E-state index in [0.717, 1.165) is 32.5 Å². The summed E-state index contributed by atoms with van der Waals surface area (Å²) < 4.78 is 6.24. The third-order valence-electron chi connectivity index (χ3n) is 9.40. The van der Waals surface area contributed by atoms with Crippen molar-refractivity contribution in [3.05, 3.63) is 123 Å². The lowest BCUT2D eigenvalue weighted by Crippen LogP contribution is -2.65. The molecular formula is C38H36Cl2N8O5S. The minimum atomic E-state index is -0.872. The predicted molar refractivity (Wildman–Crippen MR) is 207 cm³/mol. The number of nitrogens with zero attached hydrogens (tertiary/aromatic N) is 5. The van der Waals surface area contributed by atoms with Crippen molar-refractivity contribution in [2.45, 2.75) is 38.3 Å². The lowest BCUT2D eigenvalue weighted by molar-refractivity contribution is -0.157. The van der Waals surface area contributed by atoms with Crippen LogP contribution in [0.2, 0.25) is 10.0 Å². The summed E-state index contributed by atoms with van der Waals surface area (Å²) in [4.78, 5) is 61.9. The number of aromatic nitrogens is 1. The van der Waals surface area contributed by atoms with Gasteiger partial charge in [-0.2, -0.15) is 5.01 Å². The number of nitrogens with two attached hydrogens (primary N) is 1. The van der Waals surface area contributed by atoms with Crippen molar-refractivity contribution in [2.75, 3.05) is 31.2 Å². The smallest absolute Gasteiger partial charge is 0.411 e. The number of hydrogen-bond acceptors (Lipinski definition) is 9. The lowest BCUT2D eigenvalue weighted by Gasteiger charge is -2.45. The molecule has 1 aromatic heterocycles. The van der Waals surface area contributed by atoms with Gasteiger partial charge in [0.05, 0.1) is 33.4 Å². The second-order valence-electron chi connectivity index (χ2n) is 12.9. The van der Waals surface area contributed by atoms with Gasteiger partial charge in [0.15, 0.2) is 5.13 Å². The SMILES string of the molecule is CN(C(=O)NCc1ccc(Cl)c(Cl)c1)N1CC(=O)N2[C@@H](Cc3ccc(NC(=O)OCc4ccccc4)cc3)C(=O)N(Cc3cccc4sc(N)nc34)C[C@@H]21. The van der Waals surface area contributed by atoms with Gasteiger partial charge in [-0.25, -0.2) is 14.6 Å². The van der Waals surface area contributed by atoms with Crippen molar-refractivity contribution in [3.8, 4) is 0 Å². The summed E-state index contributed by atoms with van der Waals surface area (Å²) in [5, 5.41) is 9.86. The van der Waals surface area contributed by atoms with E-state index in [1.807, 2.05) is 48.5 Å². The molecule has 2 saturated heterocycles. The standard InChI is InChI=1S/C38H36Cl2N8O5S/c1-45(37(51)42-18-25-12-15-28(39)29(40)16-25)47-21-33(49)48-30(17-23-10-13-27(14-11-23)43-38(52)53-22-24-6-3-2-4-7-24)35(50)46(20-32(47)48)19-26-8-5-9-31-34(26)44-36(41)54-31/h2-16,30,32H,17-22H2,1H3,(H2,41,44)(H,42,51)(H,43,52)/t30-,32+/m0/s1. The van der Waals surface area contributed by atoms with Gasteiger partial charge in [-0.05, 0) is 52.6 Å². The van der Waals surface area contributed by atoms with Crippen LogP contribution in [0.3, 0.4) is 0 Å². The van der Waals surface area contributed by atoms with Gasteiger partial charge in [0.1, 0.15) is 18.8 Å². The predicted octanol–water partition coefficient (Wildman–Crippen LogP) is 6.11. The summed E-state index contributed by atoms with van der Waals surface area (Å²) in [5.74, 6) is -0.518. The second kappa shape index (κ2) is 15.9. The molecule has 3 heterocycles. The Balaban J connectivity index is 1.09. The highest BCUT2D eigenvalue weighted by Crippen LogP contribution is 2.32. The zero-order valence-electron chi connectivity index (χ0n) is 29.1. The van der Waals surface area contributed by atoms with E-state index in [-0.39, 0.29) is 51.0 Å². The molecule has 0 unspecified atom stereocenters. The van der Waals surface area contributed by atoms with Crippen molar-refractivity contribution >= 4 is 79.5 Å². The Hall–Kier alpha value is -5.41. The van der Waals surface area contributed by atoms with Gasteiger partial charge in [-0.1, -0.05) is 95.2 Å². The number of nitrogen functional groups attached to an aromatic ring is 1. The first-order valence-electron chi connectivity index (χ1n) is 17.1. The fraction of sp³-hybridized carbons (Fsp3) is 0.237. The summed E-state index contributed by atoms with van der Waals surface area (Å²) in [5.41, 5.74) is 10.5. The Morgan fingerprint density at radius 1 is 0.963 bits per heavy atom. The molecule has 16 heteroatoms. The molecule has 2 aliphatic heterocycles. The van der Waals surface area contributed by atoms with Crippen LogP contribution in [0.4, 0.5) is 20.4 Å². The number of amides is 5. The maximum atomic E-state index is 14.4. The molecule has 4 N–H and O–H groups in total. The molecule has 278 valence electrons. The van der Waals surface area contributed by atoms with Gasteiger partial charge in [0.2, 0.25) is 11.8 Å². The number of nitrogens with one attached hydrogen (secondary N) is 2. The highest BCUT2D eigenvalue weighted by molar-refractivity contribution is 7.22. The van der Waals surface area contributed by atoms with Gasteiger partial charge in [0, 0.05) is 32.2 Å². The number of benzene rings is 4. The lowest BCUT2D eigenvalue weighted by atomic mass is 9.99. The van der Waals surface area contributed by atoms with Crippen LogP contribution in [0, 0.1) is 0 Å². The first-order chi connectivity index (χ1) is 26.0. The van der Waals surface area contributed by atoms with Gasteiger partial charge in [0.25, 0.3) is 0 Å². The fourth-order valence-corrected chi connectivity index (χ4v) is 7.79. The number of carbonyl (C=O) groups excluding carboxylic acids is 4. The summed E-state index contributed by atoms with van der Waals surface area (Å²) in [6.07, 6.45) is -1.04. The maximum Gasteiger partial charge on any atom is 0.411 e. The summed E-state index contributed by atoms with van der Waals surface area (Å²) in [6.45, 7) is 0.579. The molecule has 54 heavy (non-hydrogen) atoms. The number of rotatable bonds is 10. The highest BCUT2D eigenvalue weighted by atomic mass is 35.5. The summed E-state index contributed by atoms with van der Waals surface area (Å²) in [7, 11) is 1.59. The number of anilines is 2. The van der Waals surface area contributed by atoms with Gasteiger partial charge in [-0.3, -0.25) is 19.9 Å². The van der Waals surface area contributed by atoms with E-state index >= 15 is 0 Å². The largest absolute Gasteiger partial charge is 0.444 e. The van der Waals surface area contributed by atoms with Crippen LogP contribution in [0.1, 0.15) is 22.3 Å². The monoisotopic (exact) mass is 786 g/mol. The zero-order chi connectivity index (χ0) is 37.9. The van der Waals surface area contributed by atoms with E-state index in [4.69, 9.17) is 33.7 Å². The molecule has 4 aromatic carbocycles. The van der Waals surface area contributed by atoms with Crippen LogP contribution < -0.4 is 16.4 Å². The molecule has 13 nitrogen and oxygen atoms in total. The highest BCUT2D eigenvalue weighted by Gasteiger charge is 2.51. The number of carbonyl (C=O) groups is 4. The summed E-state index contributed by atoms with van der Waals surface area (Å²) >= 11 is 13.6. The van der Waals surface area contributed by atoms with Gasteiger partial charge >= 0.3 is 12.1 Å². The van der Waals surface area contributed by atoms with E-state index in [1.165, 1.54) is 16.3 Å². The minimum Gasteiger partial charge on any atom is -0.444 e. The molecule has 5 amide bonds. The van der Waals surface area contributed by atoms with Crippen LogP contribution in [0.25, 0.3) is 10.2 Å². The van der Waals surface area contributed by atoms with E-state index in [0.29, 0.717) is 20.9 Å². The molecule has 7 rings (SSSR count). The third-order valence-corrected chi connectivity index (χ3v) is 11.0. The van der Waals surface area contributed by atoms with Gasteiger partial charge < -0.3 is 25.6 Å². The molecule has 0 radical (unpaired) electrons. The molecule has 0 bridgehead atoms. The molecule has 0 spiro atoms. The normalized spacial score (nSPS) is 17.1. The maximum absolute atomic E-state index is 14.4. The Bertz CT molecular complexity index is 2210. The Morgan fingerprint density at radius 3 is 2.48 bits per heavy atom. The molecule has 5 aromatic rings. The van der Waals surface area contributed by atoms with E-state index in [9.17, 15) is 19.2 Å². The number of hydrogen-bond donors (Lipinski definition) is 3. The Kier molecular flexibility index (Phi) is 10.9. The van der Waals surface area contributed by atoms with Crippen LogP contribution in [-0.4, -0.2) is 81.1 Å². The number of piperazine rings is 1. The number of urea groups is 1. The molecule has 2 atom stereocenters. The molecule has 0 saturated carbocycles. The number of thiazole rings is 1. The number of fused-ring (bicyclic) bond motifs is 2. The van der Waals surface area contributed by atoms with Crippen molar-refractivity contribution in [1.82, 2.24) is 30.1 Å². The quantitative estimate of drug-likeness (QED) is 0.153. The number of ether oxygens (including phenoxy) is 1. The van der Waals surface area contributed by atoms with E-state index < -0.39 is 24.3 Å². The molecule has 2 aliphatic rings. The van der Waals surface area contributed by atoms with Crippen molar-refractivity contribution in [1.29, 1.82) is 0 Å². The summed E-state index contributed by atoms with van der Waals surface area (Å²) in [6, 6.07) is 25.9. The van der Waals surface area contributed by atoms with E-state index in [1.54, 1.807) is 64.3 Å². The van der Waals surface area contributed by atoms with Crippen LogP contribution in [0.5, 0.6) is 0 Å². The number of halogens is 2. The molecular weight excluding hydrogens is 751 g/mol. The first kappa shape index (κ1) is 36.9. The third kappa shape index (κ3) is 8.06. The van der Waals surface area contributed by atoms with Crippen molar-refractivity contribution in [2.24, 2.45) is 0 Å². The van der Waals surface area contributed by atoms with Crippen LogP contribution in [0.15, 0.2) is 91.0 Å². The Morgan fingerprint density at radius 2 is 1.72 bits per heavy atom. The fourth-order valence-electron chi connectivity index (χ4n) is 6.69. The molecule has 0 aliphatic carbocycles. The van der Waals surface area contributed by atoms with Crippen molar-refractivity contribution in [3.63, 3.8) is 0 Å². The average Bonchev–Trinajstić information content (AvgIpc) is 3.72. The second-order valence-corrected chi connectivity index (χ2v) is 14.8. The van der Waals surface area contributed by atoms with Gasteiger partial charge in [-0.15, -0.1) is 0 Å². The zero-order valence-corrected chi connectivity index (χ0v) is 31.4. The number of hydrazine groups is 1. The number of para-hydroxylation sites is 1. The minimum absolute atomic E-state index is 0.106. The topological polar surface area (TPSA) is 153 Å². The molecule has 2 fully saturated rings. The van der Waals surface area contributed by atoms with Crippen LogP contribution >= 0.6 is 34.5 Å². The average molecular weight is 788 g/mol. The van der Waals surface area contributed by atoms with Crippen LogP contribution in [-0.2, 0) is 40.4 Å². The van der Waals surface area contributed by atoms with E-state index in [2.05, 4.69) is 15.6 Å². The van der Waals surface area contributed by atoms with Crippen molar-refractivity contribution < 1.29 is 23.9 Å². The Labute approximate surface area is 325 Å².